The van der Waals surface area contributed by atoms with Gasteiger partial charge in [0, 0.05) is 18.7 Å². The van der Waals surface area contributed by atoms with E-state index in [0.29, 0.717) is 19.4 Å². The van der Waals surface area contributed by atoms with Crippen molar-refractivity contribution < 1.29 is 27.1 Å². The molecule has 182 valence electrons. The van der Waals surface area contributed by atoms with Crippen molar-refractivity contribution in [2.24, 2.45) is 16.5 Å². The number of benzene rings is 2. The van der Waals surface area contributed by atoms with Crippen LogP contribution in [0.3, 0.4) is 0 Å². The minimum atomic E-state index is -3.73. The SMILES string of the molecule is NS(=O)(=O)c1ccc(CCNC(=O)C23CC(C2)[C@@H](NC(=O)COc2ccc(Cl)c(F)c2)C3)cc1. The fourth-order valence-corrected chi connectivity index (χ4v) is 5.38. The Morgan fingerprint density at radius 3 is 2.50 bits per heavy atom. The number of fused-ring (bicyclic) bond motifs is 1. The first kappa shape index (κ1) is 24.4. The van der Waals surface area contributed by atoms with Crippen molar-refractivity contribution in [1.29, 1.82) is 0 Å². The van der Waals surface area contributed by atoms with Crippen molar-refractivity contribution in [3.63, 3.8) is 0 Å². The fourth-order valence-electron chi connectivity index (χ4n) is 4.75. The van der Waals surface area contributed by atoms with E-state index in [0.717, 1.165) is 24.5 Å². The Labute approximate surface area is 202 Å². The Balaban J connectivity index is 1.21. The number of primary sulfonamides is 1. The quantitative estimate of drug-likeness (QED) is 0.477. The topological polar surface area (TPSA) is 128 Å². The molecule has 0 spiro atoms. The zero-order valence-electron chi connectivity index (χ0n) is 18.2. The third-order valence-corrected chi connectivity index (χ3v) is 7.76. The van der Waals surface area contributed by atoms with Crippen LogP contribution in [0.5, 0.6) is 5.75 Å². The van der Waals surface area contributed by atoms with Gasteiger partial charge in [0.1, 0.15) is 11.6 Å². The Morgan fingerprint density at radius 2 is 1.85 bits per heavy atom. The second-order valence-corrected chi connectivity index (χ2v) is 10.9. The molecule has 2 bridgehead atoms. The number of sulfonamides is 1. The van der Waals surface area contributed by atoms with Crippen molar-refractivity contribution in [2.45, 2.75) is 36.6 Å². The van der Waals surface area contributed by atoms with Crippen LogP contribution in [-0.4, -0.2) is 39.4 Å². The number of ether oxygens (including phenoxy) is 1. The van der Waals surface area contributed by atoms with Gasteiger partial charge in [-0.15, -0.1) is 0 Å². The Kier molecular flexibility index (Phi) is 6.84. The number of hydrogen-bond acceptors (Lipinski definition) is 5. The smallest absolute Gasteiger partial charge is 0.258 e. The van der Waals surface area contributed by atoms with Crippen LogP contribution in [0.25, 0.3) is 0 Å². The number of hydrogen-bond donors (Lipinski definition) is 3. The molecule has 3 fully saturated rings. The normalized spacial score (nSPS) is 23.1. The summed E-state index contributed by atoms with van der Waals surface area (Å²) in [5.41, 5.74) is 0.411. The molecule has 8 nitrogen and oxygen atoms in total. The molecule has 0 radical (unpaired) electrons. The molecule has 0 aliphatic heterocycles. The first-order valence-electron chi connectivity index (χ1n) is 10.8. The number of nitrogens with two attached hydrogens (primary N) is 1. The van der Waals surface area contributed by atoms with E-state index < -0.39 is 21.3 Å². The molecule has 11 heteroatoms. The van der Waals surface area contributed by atoms with Gasteiger partial charge in [0.25, 0.3) is 5.91 Å². The van der Waals surface area contributed by atoms with Gasteiger partial charge in [-0.25, -0.2) is 17.9 Å². The highest BCUT2D eigenvalue weighted by atomic mass is 35.5. The van der Waals surface area contributed by atoms with Crippen LogP contribution in [0.15, 0.2) is 47.4 Å². The summed E-state index contributed by atoms with van der Waals surface area (Å²) in [6.07, 6.45) is 2.55. The fraction of sp³-hybridized carbons (Fsp3) is 0.391. The van der Waals surface area contributed by atoms with E-state index in [1.54, 1.807) is 12.1 Å². The lowest BCUT2D eigenvalue weighted by atomic mass is 9.69. The van der Waals surface area contributed by atoms with E-state index in [1.165, 1.54) is 24.3 Å². The van der Waals surface area contributed by atoms with Crippen LogP contribution in [0.1, 0.15) is 24.8 Å². The predicted octanol–water partition coefficient (Wildman–Crippen LogP) is 2.15. The molecular formula is C23H25ClFN3O5S. The van der Waals surface area contributed by atoms with Gasteiger partial charge in [0.15, 0.2) is 6.61 Å². The van der Waals surface area contributed by atoms with E-state index in [2.05, 4.69) is 10.6 Å². The summed E-state index contributed by atoms with van der Waals surface area (Å²) >= 11 is 5.63. The lowest BCUT2D eigenvalue weighted by Gasteiger charge is -2.36. The lowest BCUT2D eigenvalue weighted by molar-refractivity contribution is -0.134. The van der Waals surface area contributed by atoms with Gasteiger partial charge in [-0.3, -0.25) is 9.59 Å². The highest BCUT2D eigenvalue weighted by Crippen LogP contribution is 2.58. The summed E-state index contributed by atoms with van der Waals surface area (Å²) in [6, 6.07) is 10.1. The van der Waals surface area contributed by atoms with E-state index in [1.807, 2.05) is 0 Å². The number of amides is 2. The van der Waals surface area contributed by atoms with Crippen molar-refractivity contribution in [3.05, 3.63) is 58.9 Å². The van der Waals surface area contributed by atoms with Crippen molar-refractivity contribution in [1.82, 2.24) is 10.6 Å². The molecule has 0 saturated heterocycles. The molecule has 3 aliphatic rings. The molecule has 2 aromatic rings. The van der Waals surface area contributed by atoms with Crippen LogP contribution in [-0.2, 0) is 26.0 Å². The zero-order chi connectivity index (χ0) is 24.5. The van der Waals surface area contributed by atoms with Crippen molar-refractivity contribution >= 4 is 33.4 Å². The number of carbonyl (C=O) groups excluding carboxylic acids is 2. The average molecular weight is 510 g/mol. The summed E-state index contributed by atoms with van der Waals surface area (Å²) in [5, 5.41) is 11.0. The van der Waals surface area contributed by atoms with Crippen LogP contribution in [0.4, 0.5) is 4.39 Å². The van der Waals surface area contributed by atoms with Gasteiger partial charge in [-0.1, -0.05) is 23.7 Å². The number of nitrogens with one attached hydrogen (secondary N) is 2. The van der Waals surface area contributed by atoms with Gasteiger partial charge in [0.05, 0.1) is 15.3 Å². The summed E-state index contributed by atoms with van der Waals surface area (Å²) in [6.45, 7) is 0.163. The number of carbonyl (C=O) groups is 2. The van der Waals surface area contributed by atoms with Crippen LogP contribution in [0.2, 0.25) is 5.02 Å². The minimum Gasteiger partial charge on any atom is -0.484 e. The van der Waals surface area contributed by atoms with Crippen LogP contribution in [0, 0.1) is 17.2 Å². The summed E-state index contributed by atoms with van der Waals surface area (Å²) in [7, 11) is -3.73. The Bertz CT molecular complexity index is 1200. The third kappa shape index (κ3) is 5.34. The maximum atomic E-state index is 13.5. The van der Waals surface area contributed by atoms with Gasteiger partial charge in [0.2, 0.25) is 15.9 Å². The molecule has 4 N–H and O–H groups in total. The first-order chi connectivity index (χ1) is 16.1. The average Bonchev–Trinajstić information content (AvgIpc) is 3.29. The molecule has 3 saturated carbocycles. The first-order valence-corrected chi connectivity index (χ1v) is 12.8. The summed E-state index contributed by atoms with van der Waals surface area (Å²) < 4.78 is 41.4. The summed E-state index contributed by atoms with van der Waals surface area (Å²) in [4.78, 5) is 25.1. The van der Waals surface area contributed by atoms with Crippen LogP contribution < -0.4 is 20.5 Å². The Morgan fingerprint density at radius 1 is 1.15 bits per heavy atom. The molecule has 0 aromatic heterocycles. The second kappa shape index (κ2) is 9.52. The molecule has 0 unspecified atom stereocenters. The molecule has 34 heavy (non-hydrogen) atoms. The molecule has 0 heterocycles. The maximum Gasteiger partial charge on any atom is 0.258 e. The van der Waals surface area contributed by atoms with Crippen LogP contribution >= 0.6 is 11.6 Å². The predicted molar refractivity (Wildman–Crippen MR) is 123 cm³/mol. The standard InChI is InChI=1S/C23H25ClFN3O5S/c24-18-6-3-16(9-19(18)25)33-13-21(29)28-20-12-23(10-15(20)11-23)22(30)27-8-7-14-1-4-17(5-2-14)34(26,31)32/h1-6,9,15,20H,7-8,10-13H2,(H,27,30)(H,28,29)(H2,26,31,32)/t15?,20-,23?/m0/s1. The highest BCUT2D eigenvalue weighted by Gasteiger charge is 2.60. The van der Waals surface area contributed by atoms with Gasteiger partial charge in [-0.05, 0) is 61.4 Å². The van der Waals surface area contributed by atoms with E-state index in [4.69, 9.17) is 21.5 Å². The molecular weight excluding hydrogens is 485 g/mol. The number of halogens is 2. The largest absolute Gasteiger partial charge is 0.484 e. The van der Waals surface area contributed by atoms with Gasteiger partial charge < -0.3 is 15.4 Å². The molecule has 1 atom stereocenters. The minimum absolute atomic E-state index is 0.0222. The molecule has 3 aliphatic carbocycles. The van der Waals surface area contributed by atoms with Gasteiger partial charge >= 0.3 is 0 Å². The maximum absolute atomic E-state index is 13.5. The van der Waals surface area contributed by atoms with Crippen molar-refractivity contribution in [2.75, 3.05) is 13.2 Å². The van der Waals surface area contributed by atoms with Gasteiger partial charge in [-0.2, -0.15) is 0 Å². The van der Waals surface area contributed by atoms with E-state index >= 15 is 0 Å². The number of rotatable bonds is 9. The Hall–Kier alpha value is -2.69. The van der Waals surface area contributed by atoms with E-state index in [9.17, 15) is 22.4 Å². The third-order valence-electron chi connectivity index (χ3n) is 6.53. The monoisotopic (exact) mass is 509 g/mol. The van der Waals surface area contributed by atoms with Crippen molar-refractivity contribution in [3.8, 4) is 5.75 Å². The zero-order valence-corrected chi connectivity index (χ0v) is 19.8. The highest BCUT2D eigenvalue weighted by molar-refractivity contribution is 7.89. The summed E-state index contributed by atoms with van der Waals surface area (Å²) in [5.74, 6) is -0.526. The molecule has 2 aromatic carbocycles. The molecule has 5 rings (SSSR count). The second-order valence-electron chi connectivity index (χ2n) is 8.89. The lowest BCUT2D eigenvalue weighted by Crippen LogP contribution is -2.45. The van der Waals surface area contributed by atoms with E-state index in [-0.39, 0.29) is 46.0 Å². The molecule has 2 amide bonds.